The number of nitrogens with one attached hydrogen (secondary N) is 1. The Morgan fingerprint density at radius 1 is 1.67 bits per heavy atom. The smallest absolute Gasteiger partial charge is 0.240 e. The van der Waals surface area contributed by atoms with Gasteiger partial charge in [0.05, 0.1) is 11.6 Å². The Labute approximate surface area is 113 Å². The van der Waals surface area contributed by atoms with Crippen molar-refractivity contribution in [3.05, 3.63) is 22.4 Å². The van der Waals surface area contributed by atoms with Crippen LogP contribution in [0.25, 0.3) is 0 Å². The van der Waals surface area contributed by atoms with Crippen molar-refractivity contribution in [1.29, 1.82) is 0 Å². The van der Waals surface area contributed by atoms with Crippen LogP contribution in [0.4, 0.5) is 0 Å². The average Bonchev–Trinajstić information content (AvgIpc) is 2.81. The summed E-state index contributed by atoms with van der Waals surface area (Å²) in [6.07, 6.45) is 3.85. The second-order valence-corrected chi connectivity index (χ2v) is 6.55. The third-order valence-corrected chi connectivity index (χ3v) is 4.86. The van der Waals surface area contributed by atoms with Gasteiger partial charge in [-0.05, 0) is 37.1 Å². The molecule has 0 aliphatic heterocycles. The molecule has 0 spiro atoms. The van der Waals surface area contributed by atoms with Crippen molar-refractivity contribution in [1.82, 2.24) is 5.32 Å². The Morgan fingerprint density at radius 2 is 2.44 bits per heavy atom. The number of nitrogens with two attached hydrogens (primary N) is 1. The van der Waals surface area contributed by atoms with Crippen LogP contribution in [0.2, 0.25) is 0 Å². The van der Waals surface area contributed by atoms with Crippen molar-refractivity contribution in [2.24, 2.45) is 11.7 Å². The first-order valence-electron chi connectivity index (χ1n) is 6.64. The van der Waals surface area contributed by atoms with E-state index in [9.17, 15) is 4.79 Å². The minimum absolute atomic E-state index is 0.00921. The van der Waals surface area contributed by atoms with Gasteiger partial charge in [-0.25, -0.2) is 0 Å². The number of hydrogen-bond acceptors (Lipinski definition) is 3. The van der Waals surface area contributed by atoms with Crippen LogP contribution < -0.4 is 11.1 Å². The largest absolute Gasteiger partial charge is 0.347 e. The normalized spacial score (nSPS) is 29.8. The van der Waals surface area contributed by atoms with Gasteiger partial charge in [-0.2, -0.15) is 0 Å². The van der Waals surface area contributed by atoms with Crippen LogP contribution in [-0.4, -0.2) is 11.4 Å². The van der Waals surface area contributed by atoms with Crippen molar-refractivity contribution in [2.75, 3.05) is 0 Å². The lowest BCUT2D eigenvalue weighted by Crippen LogP contribution is -2.56. The summed E-state index contributed by atoms with van der Waals surface area (Å²) in [6, 6.07) is 4.10. The fraction of sp³-hybridized carbons (Fsp3) is 0.643. The number of amides is 1. The van der Waals surface area contributed by atoms with E-state index in [4.69, 9.17) is 5.73 Å². The Bertz CT molecular complexity index is 404. The maximum atomic E-state index is 12.3. The van der Waals surface area contributed by atoms with Crippen LogP contribution in [-0.2, 0) is 4.79 Å². The van der Waals surface area contributed by atoms with Crippen LogP contribution in [0, 0.1) is 5.92 Å². The molecule has 0 aromatic carbocycles. The van der Waals surface area contributed by atoms with Gasteiger partial charge >= 0.3 is 0 Å². The zero-order valence-corrected chi connectivity index (χ0v) is 11.9. The minimum Gasteiger partial charge on any atom is -0.347 e. The fourth-order valence-corrected chi connectivity index (χ4v) is 3.48. The maximum absolute atomic E-state index is 12.3. The molecule has 1 aromatic heterocycles. The van der Waals surface area contributed by atoms with Gasteiger partial charge < -0.3 is 11.1 Å². The maximum Gasteiger partial charge on any atom is 0.240 e. The van der Waals surface area contributed by atoms with Crippen LogP contribution in [0.5, 0.6) is 0 Å². The highest BCUT2D eigenvalue weighted by Gasteiger charge is 2.38. The molecule has 3 atom stereocenters. The number of hydrogen-bond donors (Lipinski definition) is 2. The summed E-state index contributed by atoms with van der Waals surface area (Å²) in [5.74, 6) is 0.557. The summed E-state index contributed by atoms with van der Waals surface area (Å²) in [5, 5.41) is 5.09. The standard InChI is InChI=1S/C14H22N2OS/c1-10-5-3-7-14(15,9-10)13(17)16-11(2)12-6-4-8-18-12/h4,6,8,10-11H,3,5,7,9,15H2,1-2H3,(H,16,17). The van der Waals surface area contributed by atoms with Gasteiger partial charge in [0, 0.05) is 4.88 Å². The first kappa shape index (κ1) is 13.6. The molecule has 0 saturated heterocycles. The van der Waals surface area contributed by atoms with Gasteiger partial charge in [0.25, 0.3) is 0 Å². The molecule has 3 N–H and O–H groups in total. The molecule has 0 bridgehead atoms. The summed E-state index contributed by atoms with van der Waals surface area (Å²) in [7, 11) is 0. The first-order valence-corrected chi connectivity index (χ1v) is 7.52. The van der Waals surface area contributed by atoms with Gasteiger partial charge in [-0.1, -0.05) is 25.8 Å². The van der Waals surface area contributed by atoms with Gasteiger partial charge in [0.2, 0.25) is 5.91 Å². The molecule has 1 aliphatic carbocycles. The zero-order valence-electron chi connectivity index (χ0n) is 11.1. The highest BCUT2D eigenvalue weighted by molar-refractivity contribution is 7.10. The van der Waals surface area contributed by atoms with E-state index < -0.39 is 5.54 Å². The Hall–Kier alpha value is -0.870. The van der Waals surface area contributed by atoms with Crippen molar-refractivity contribution in [3.63, 3.8) is 0 Å². The highest BCUT2D eigenvalue weighted by atomic mass is 32.1. The molecule has 4 heteroatoms. The summed E-state index contributed by atoms with van der Waals surface area (Å²) in [4.78, 5) is 13.5. The SMILES string of the molecule is CC1CCCC(N)(C(=O)NC(C)c2cccs2)C1. The number of rotatable bonds is 3. The molecule has 1 amide bonds. The monoisotopic (exact) mass is 266 g/mol. The number of carbonyl (C=O) groups excluding carboxylic acids is 1. The molecular formula is C14H22N2OS. The van der Waals surface area contributed by atoms with E-state index in [1.165, 1.54) is 11.3 Å². The van der Waals surface area contributed by atoms with Crippen molar-refractivity contribution < 1.29 is 4.79 Å². The van der Waals surface area contributed by atoms with Crippen LogP contribution in [0.1, 0.15) is 50.4 Å². The lowest BCUT2D eigenvalue weighted by molar-refractivity contribution is -0.128. The summed E-state index contributed by atoms with van der Waals surface area (Å²) in [6.45, 7) is 4.19. The van der Waals surface area contributed by atoms with E-state index in [-0.39, 0.29) is 11.9 Å². The molecule has 1 fully saturated rings. The molecule has 3 nitrogen and oxygen atoms in total. The zero-order chi connectivity index (χ0) is 13.2. The molecule has 1 heterocycles. The quantitative estimate of drug-likeness (QED) is 0.884. The Kier molecular flexibility index (Phi) is 4.07. The van der Waals surface area contributed by atoms with E-state index in [1.54, 1.807) is 11.3 Å². The van der Waals surface area contributed by atoms with Crippen molar-refractivity contribution in [3.8, 4) is 0 Å². The summed E-state index contributed by atoms with van der Waals surface area (Å²) in [5.41, 5.74) is 5.62. The fourth-order valence-electron chi connectivity index (χ4n) is 2.75. The number of carbonyl (C=O) groups is 1. The molecule has 0 radical (unpaired) electrons. The second kappa shape index (κ2) is 5.41. The van der Waals surface area contributed by atoms with Gasteiger partial charge in [0.1, 0.15) is 0 Å². The van der Waals surface area contributed by atoms with Gasteiger partial charge in [0.15, 0.2) is 0 Å². The second-order valence-electron chi connectivity index (χ2n) is 5.57. The van der Waals surface area contributed by atoms with Crippen LogP contribution in [0.15, 0.2) is 17.5 Å². The summed E-state index contributed by atoms with van der Waals surface area (Å²) >= 11 is 1.66. The lowest BCUT2D eigenvalue weighted by atomic mass is 9.76. The third-order valence-electron chi connectivity index (χ3n) is 3.80. The molecule has 1 aromatic rings. The Balaban J connectivity index is 1.98. The molecule has 1 saturated carbocycles. The van der Waals surface area contributed by atoms with E-state index >= 15 is 0 Å². The predicted molar refractivity (Wildman–Crippen MR) is 75.4 cm³/mol. The van der Waals surface area contributed by atoms with E-state index in [0.29, 0.717) is 5.92 Å². The molecular weight excluding hydrogens is 244 g/mol. The van der Waals surface area contributed by atoms with Crippen LogP contribution >= 0.6 is 11.3 Å². The average molecular weight is 266 g/mol. The topological polar surface area (TPSA) is 55.1 Å². The minimum atomic E-state index is -0.664. The van der Waals surface area contributed by atoms with E-state index in [1.807, 2.05) is 24.4 Å². The summed E-state index contributed by atoms with van der Waals surface area (Å²) < 4.78 is 0. The first-order chi connectivity index (χ1) is 8.51. The van der Waals surface area contributed by atoms with Crippen molar-refractivity contribution >= 4 is 17.2 Å². The van der Waals surface area contributed by atoms with E-state index in [2.05, 4.69) is 12.2 Å². The lowest BCUT2D eigenvalue weighted by Gasteiger charge is -2.36. The molecule has 18 heavy (non-hydrogen) atoms. The predicted octanol–water partition coefficient (Wildman–Crippen LogP) is 2.83. The Morgan fingerprint density at radius 3 is 3.06 bits per heavy atom. The number of thiophene rings is 1. The molecule has 1 aliphatic rings. The van der Waals surface area contributed by atoms with Gasteiger partial charge in [-0.15, -0.1) is 11.3 Å². The van der Waals surface area contributed by atoms with E-state index in [0.717, 1.165) is 19.3 Å². The molecule has 100 valence electrons. The highest BCUT2D eigenvalue weighted by Crippen LogP contribution is 2.31. The van der Waals surface area contributed by atoms with Crippen LogP contribution in [0.3, 0.4) is 0 Å². The third kappa shape index (κ3) is 2.93. The molecule has 3 unspecified atom stereocenters. The van der Waals surface area contributed by atoms with Crippen molar-refractivity contribution in [2.45, 2.75) is 51.1 Å². The van der Waals surface area contributed by atoms with Gasteiger partial charge in [-0.3, -0.25) is 4.79 Å². The molecule has 2 rings (SSSR count).